The molecule has 76 valence electrons. The van der Waals surface area contributed by atoms with Crippen LogP contribution in [0.3, 0.4) is 0 Å². The van der Waals surface area contributed by atoms with Crippen LogP contribution in [0.1, 0.15) is 18.1 Å². The van der Waals surface area contributed by atoms with E-state index in [1.807, 2.05) is 32.0 Å². The lowest BCUT2D eigenvalue weighted by Gasteiger charge is -2.06. The van der Waals surface area contributed by atoms with Gasteiger partial charge in [-0.1, -0.05) is 23.7 Å². The van der Waals surface area contributed by atoms with Gasteiger partial charge in [0.1, 0.15) is 0 Å². The molecular weight excluding hydrogens is 198 g/mol. The summed E-state index contributed by atoms with van der Waals surface area (Å²) in [6.45, 7) is 4.38. The topological polar surface area (TPSA) is 33.1 Å². The molecule has 1 N–H and O–H groups in total. The maximum atomic E-state index is 7.50. The van der Waals surface area contributed by atoms with Crippen LogP contribution in [-0.2, 0) is 11.2 Å². The lowest BCUT2D eigenvalue weighted by Crippen LogP contribution is -2.06. The Morgan fingerprint density at radius 1 is 1.50 bits per heavy atom. The quantitative estimate of drug-likeness (QED) is 0.605. The second-order valence-corrected chi connectivity index (χ2v) is 3.52. The van der Waals surface area contributed by atoms with Gasteiger partial charge in [-0.15, -0.1) is 0 Å². The summed E-state index contributed by atoms with van der Waals surface area (Å²) in [6.07, 6.45) is 0.534. The first-order chi connectivity index (χ1) is 6.63. The van der Waals surface area contributed by atoms with Crippen molar-refractivity contribution in [1.29, 1.82) is 5.41 Å². The van der Waals surface area contributed by atoms with Crippen LogP contribution in [-0.4, -0.2) is 12.5 Å². The fourth-order valence-electron chi connectivity index (χ4n) is 1.23. The number of aryl methyl sites for hydroxylation is 1. The van der Waals surface area contributed by atoms with Crippen LogP contribution in [0.2, 0.25) is 5.02 Å². The average molecular weight is 212 g/mol. The summed E-state index contributed by atoms with van der Waals surface area (Å²) < 4.78 is 5.07. The lowest BCUT2D eigenvalue weighted by atomic mass is 10.1. The van der Waals surface area contributed by atoms with Gasteiger partial charge in [0, 0.05) is 11.4 Å². The first-order valence-electron chi connectivity index (χ1n) is 4.58. The Kier molecular flexibility index (Phi) is 3.96. The summed E-state index contributed by atoms with van der Waals surface area (Å²) in [4.78, 5) is 0. The third-order valence-electron chi connectivity index (χ3n) is 1.91. The van der Waals surface area contributed by atoms with Gasteiger partial charge in [0.05, 0.1) is 6.61 Å². The monoisotopic (exact) mass is 211 g/mol. The van der Waals surface area contributed by atoms with E-state index in [-0.39, 0.29) is 0 Å². The highest BCUT2D eigenvalue weighted by Gasteiger charge is 2.01. The maximum Gasteiger partial charge on any atom is 0.184 e. The van der Waals surface area contributed by atoms with Gasteiger partial charge in [-0.3, -0.25) is 5.41 Å². The first-order valence-corrected chi connectivity index (χ1v) is 4.96. The Balaban J connectivity index is 2.68. The third kappa shape index (κ3) is 3.04. The smallest absolute Gasteiger partial charge is 0.184 e. The summed E-state index contributed by atoms with van der Waals surface area (Å²) in [7, 11) is 0. The first kappa shape index (κ1) is 11.1. The Morgan fingerprint density at radius 2 is 2.21 bits per heavy atom. The van der Waals surface area contributed by atoms with Crippen molar-refractivity contribution >= 4 is 17.5 Å². The molecule has 0 radical (unpaired) electrons. The zero-order chi connectivity index (χ0) is 10.6. The van der Waals surface area contributed by atoms with Gasteiger partial charge in [-0.25, -0.2) is 0 Å². The number of hydrogen-bond donors (Lipinski definition) is 1. The van der Waals surface area contributed by atoms with E-state index in [9.17, 15) is 0 Å². The number of nitrogens with one attached hydrogen (secondary N) is 1. The fourth-order valence-corrected chi connectivity index (χ4v) is 1.34. The zero-order valence-corrected chi connectivity index (χ0v) is 9.19. The number of ether oxygens (including phenoxy) is 1. The molecule has 0 saturated heterocycles. The van der Waals surface area contributed by atoms with E-state index in [0.29, 0.717) is 18.9 Å². The van der Waals surface area contributed by atoms with Gasteiger partial charge >= 0.3 is 0 Å². The predicted molar refractivity (Wildman–Crippen MR) is 59.2 cm³/mol. The van der Waals surface area contributed by atoms with Crippen molar-refractivity contribution in [3.05, 3.63) is 34.3 Å². The van der Waals surface area contributed by atoms with Crippen LogP contribution in [0.5, 0.6) is 0 Å². The molecule has 0 aliphatic heterocycles. The van der Waals surface area contributed by atoms with Crippen molar-refractivity contribution in [3.63, 3.8) is 0 Å². The molecule has 0 amide bonds. The van der Waals surface area contributed by atoms with Crippen LogP contribution in [0.25, 0.3) is 0 Å². The lowest BCUT2D eigenvalue weighted by molar-refractivity contribution is 0.317. The number of benzene rings is 1. The van der Waals surface area contributed by atoms with E-state index in [4.69, 9.17) is 21.7 Å². The summed E-state index contributed by atoms with van der Waals surface area (Å²) in [6, 6.07) is 5.75. The molecule has 3 heteroatoms. The van der Waals surface area contributed by atoms with Crippen LogP contribution >= 0.6 is 11.6 Å². The van der Waals surface area contributed by atoms with E-state index >= 15 is 0 Å². The van der Waals surface area contributed by atoms with E-state index in [2.05, 4.69) is 0 Å². The highest BCUT2D eigenvalue weighted by molar-refractivity contribution is 6.31. The van der Waals surface area contributed by atoms with E-state index in [1.165, 1.54) is 0 Å². The zero-order valence-electron chi connectivity index (χ0n) is 8.43. The molecule has 2 nitrogen and oxygen atoms in total. The van der Waals surface area contributed by atoms with Crippen LogP contribution in [0.4, 0.5) is 0 Å². The molecule has 0 fully saturated rings. The van der Waals surface area contributed by atoms with Crippen molar-refractivity contribution < 1.29 is 4.74 Å². The van der Waals surface area contributed by atoms with Crippen molar-refractivity contribution in [3.8, 4) is 0 Å². The molecule has 0 unspecified atom stereocenters. The number of hydrogen-bond acceptors (Lipinski definition) is 2. The minimum absolute atomic E-state index is 0.300. The molecule has 1 aromatic rings. The second kappa shape index (κ2) is 5.01. The average Bonchev–Trinajstić information content (AvgIpc) is 2.12. The standard InChI is InChI=1S/C11H14ClNO/c1-3-14-11(13)7-9-4-5-10(12)8(2)6-9/h4-6,13H,3,7H2,1-2H3. The maximum absolute atomic E-state index is 7.50. The normalized spacial score (nSPS) is 9.93. The minimum atomic E-state index is 0.300. The van der Waals surface area contributed by atoms with Gasteiger partial charge < -0.3 is 4.74 Å². The van der Waals surface area contributed by atoms with Crippen LogP contribution in [0.15, 0.2) is 18.2 Å². The summed E-state index contributed by atoms with van der Waals surface area (Å²) in [5.74, 6) is 0.300. The summed E-state index contributed by atoms with van der Waals surface area (Å²) >= 11 is 5.89. The molecule has 0 spiro atoms. The van der Waals surface area contributed by atoms with E-state index in [0.717, 1.165) is 16.1 Å². The molecule has 0 bridgehead atoms. The minimum Gasteiger partial charge on any atom is -0.481 e. The van der Waals surface area contributed by atoms with Gasteiger partial charge in [-0.2, -0.15) is 0 Å². The van der Waals surface area contributed by atoms with Crippen LogP contribution in [0, 0.1) is 12.3 Å². The van der Waals surface area contributed by atoms with E-state index in [1.54, 1.807) is 0 Å². The predicted octanol–water partition coefficient (Wildman–Crippen LogP) is 3.20. The molecule has 0 aliphatic carbocycles. The molecule has 0 saturated carbocycles. The van der Waals surface area contributed by atoms with Crippen molar-refractivity contribution in [2.24, 2.45) is 0 Å². The summed E-state index contributed by atoms with van der Waals surface area (Å²) in [5.41, 5.74) is 2.10. The van der Waals surface area contributed by atoms with Gasteiger partial charge in [0.2, 0.25) is 0 Å². The largest absolute Gasteiger partial charge is 0.481 e. The van der Waals surface area contributed by atoms with Crippen molar-refractivity contribution in [2.45, 2.75) is 20.3 Å². The molecular formula is C11H14ClNO. The molecule has 14 heavy (non-hydrogen) atoms. The van der Waals surface area contributed by atoms with Gasteiger partial charge in [0.25, 0.3) is 0 Å². The second-order valence-electron chi connectivity index (χ2n) is 3.12. The molecule has 0 aliphatic rings. The highest BCUT2D eigenvalue weighted by atomic mass is 35.5. The fraction of sp³-hybridized carbons (Fsp3) is 0.364. The van der Waals surface area contributed by atoms with Crippen LogP contribution < -0.4 is 0 Å². The molecule has 0 atom stereocenters. The van der Waals surface area contributed by atoms with Gasteiger partial charge in [-0.05, 0) is 31.0 Å². The van der Waals surface area contributed by atoms with Gasteiger partial charge in [0.15, 0.2) is 5.90 Å². The summed E-state index contributed by atoms with van der Waals surface area (Å²) in [5, 5.41) is 8.26. The molecule has 0 heterocycles. The van der Waals surface area contributed by atoms with Crippen molar-refractivity contribution in [2.75, 3.05) is 6.61 Å². The Labute approximate surface area is 89.4 Å². The number of halogens is 1. The van der Waals surface area contributed by atoms with Crippen molar-refractivity contribution in [1.82, 2.24) is 0 Å². The molecule has 0 aromatic heterocycles. The third-order valence-corrected chi connectivity index (χ3v) is 2.33. The molecule has 1 rings (SSSR count). The Hall–Kier alpha value is -1.02. The highest BCUT2D eigenvalue weighted by Crippen LogP contribution is 2.16. The number of rotatable bonds is 3. The molecule has 1 aromatic carbocycles. The van der Waals surface area contributed by atoms with E-state index < -0.39 is 0 Å². The Morgan fingerprint density at radius 3 is 2.79 bits per heavy atom. The SMILES string of the molecule is CCOC(=N)Cc1ccc(Cl)c(C)c1. The Bertz CT molecular complexity index is 336.